The van der Waals surface area contributed by atoms with Crippen molar-refractivity contribution in [2.75, 3.05) is 13.2 Å². The molecule has 0 atom stereocenters. The SMILES string of the molecule is C[C@]1(CN)CC[C@@](C)(/C2=N/C(c3ncc(C(F)(F)F)cn3)=C/CCCO2)CC1. The van der Waals surface area contributed by atoms with Crippen molar-refractivity contribution in [3.63, 3.8) is 0 Å². The molecule has 1 aromatic rings. The molecular formula is C20H27F3N4O. The molecule has 2 N–H and O–H groups in total. The summed E-state index contributed by atoms with van der Waals surface area (Å²) in [4.78, 5) is 12.5. The number of alkyl halides is 3. The number of halogens is 3. The van der Waals surface area contributed by atoms with E-state index in [0.29, 0.717) is 31.2 Å². The first-order valence-electron chi connectivity index (χ1n) is 9.67. The van der Waals surface area contributed by atoms with Gasteiger partial charge in [-0.25, -0.2) is 15.0 Å². The first-order chi connectivity index (χ1) is 13.2. The lowest BCUT2D eigenvalue weighted by Crippen LogP contribution is -2.40. The molecule has 2 heterocycles. The van der Waals surface area contributed by atoms with Crippen molar-refractivity contribution in [3.8, 4) is 0 Å². The standard InChI is InChI=1S/C20H27F3N4O/c1-18(13-24)6-8-19(2,9-7-18)17-27-15(5-3-4-10-28-17)16-25-11-14(12-26-16)20(21,22)23/h5,11-12H,3-4,6-10,13,24H2,1-2H3/b15-5+,27-17-/t18-,19+. The molecular weight excluding hydrogens is 369 g/mol. The van der Waals surface area contributed by atoms with Crippen molar-refractivity contribution < 1.29 is 17.9 Å². The first-order valence-corrected chi connectivity index (χ1v) is 9.67. The summed E-state index contributed by atoms with van der Waals surface area (Å²) in [7, 11) is 0. The number of aliphatic imine (C=N–C) groups is 1. The average molecular weight is 396 g/mol. The van der Waals surface area contributed by atoms with Gasteiger partial charge in [-0.2, -0.15) is 13.2 Å². The van der Waals surface area contributed by atoms with Crippen molar-refractivity contribution in [2.45, 2.75) is 58.5 Å². The predicted molar refractivity (Wildman–Crippen MR) is 101 cm³/mol. The Hall–Kier alpha value is -1.96. The number of nitrogens with zero attached hydrogens (tertiary/aromatic N) is 3. The quantitative estimate of drug-likeness (QED) is 0.811. The van der Waals surface area contributed by atoms with Crippen molar-refractivity contribution in [3.05, 3.63) is 29.9 Å². The van der Waals surface area contributed by atoms with Crippen LogP contribution in [0.25, 0.3) is 5.70 Å². The highest BCUT2D eigenvalue weighted by Crippen LogP contribution is 2.46. The maximum atomic E-state index is 12.8. The third kappa shape index (κ3) is 4.54. The van der Waals surface area contributed by atoms with E-state index in [2.05, 4.69) is 28.8 Å². The summed E-state index contributed by atoms with van der Waals surface area (Å²) in [5.41, 5.74) is 5.43. The minimum absolute atomic E-state index is 0.136. The highest BCUT2D eigenvalue weighted by atomic mass is 19.4. The second kappa shape index (κ2) is 7.81. The smallest absolute Gasteiger partial charge is 0.419 e. The summed E-state index contributed by atoms with van der Waals surface area (Å²) < 4.78 is 44.3. The number of hydrogen-bond donors (Lipinski definition) is 1. The van der Waals surface area contributed by atoms with Crippen molar-refractivity contribution in [2.24, 2.45) is 21.6 Å². The lowest BCUT2D eigenvalue weighted by atomic mass is 9.65. The Bertz CT molecular complexity index is 748. The van der Waals surface area contributed by atoms with Gasteiger partial charge in [0.25, 0.3) is 0 Å². The molecule has 1 saturated carbocycles. The summed E-state index contributed by atoms with van der Waals surface area (Å²) in [6.45, 7) is 5.56. The van der Waals surface area contributed by atoms with Gasteiger partial charge in [0.1, 0.15) is 5.70 Å². The maximum absolute atomic E-state index is 12.8. The van der Waals surface area contributed by atoms with Gasteiger partial charge in [-0.1, -0.05) is 19.9 Å². The average Bonchev–Trinajstić information content (AvgIpc) is 2.64. The Kier molecular flexibility index (Phi) is 5.79. The highest BCUT2D eigenvalue weighted by Gasteiger charge is 2.41. The normalized spacial score (nSPS) is 32.9. The van der Waals surface area contributed by atoms with Crippen LogP contribution in [0.5, 0.6) is 0 Å². The van der Waals surface area contributed by atoms with E-state index in [1.54, 1.807) is 0 Å². The van der Waals surface area contributed by atoms with Crippen molar-refractivity contribution in [1.29, 1.82) is 0 Å². The van der Waals surface area contributed by atoms with Crippen molar-refractivity contribution >= 4 is 11.6 Å². The second-order valence-electron chi connectivity index (χ2n) is 8.37. The van der Waals surface area contributed by atoms with E-state index in [0.717, 1.165) is 44.5 Å². The Labute approximate surface area is 163 Å². The lowest BCUT2D eigenvalue weighted by molar-refractivity contribution is -0.138. The van der Waals surface area contributed by atoms with Gasteiger partial charge < -0.3 is 10.5 Å². The zero-order valence-corrected chi connectivity index (χ0v) is 16.4. The number of allylic oxidation sites excluding steroid dienone is 1. The number of ether oxygens (including phenoxy) is 1. The molecule has 5 nitrogen and oxygen atoms in total. The van der Waals surface area contributed by atoms with Crippen LogP contribution in [0, 0.1) is 10.8 Å². The first kappa shape index (κ1) is 20.8. The van der Waals surface area contributed by atoms with Gasteiger partial charge in [0.2, 0.25) is 0 Å². The Morgan fingerprint density at radius 3 is 2.32 bits per heavy atom. The maximum Gasteiger partial charge on any atom is 0.419 e. The van der Waals surface area contributed by atoms with E-state index in [1.165, 1.54) is 0 Å². The molecule has 0 spiro atoms. The van der Waals surface area contributed by atoms with E-state index in [9.17, 15) is 13.2 Å². The monoisotopic (exact) mass is 396 g/mol. The van der Waals surface area contributed by atoms with Gasteiger partial charge in [-0.15, -0.1) is 0 Å². The van der Waals surface area contributed by atoms with E-state index in [-0.39, 0.29) is 16.7 Å². The molecule has 1 fully saturated rings. The molecule has 154 valence electrons. The summed E-state index contributed by atoms with van der Waals surface area (Å²) in [5, 5.41) is 0. The van der Waals surface area contributed by atoms with Gasteiger partial charge >= 0.3 is 6.18 Å². The van der Waals surface area contributed by atoms with Crippen LogP contribution < -0.4 is 5.73 Å². The Morgan fingerprint density at radius 2 is 1.75 bits per heavy atom. The second-order valence-corrected chi connectivity index (χ2v) is 8.37. The van der Waals surface area contributed by atoms with E-state index in [4.69, 9.17) is 10.5 Å². The fourth-order valence-electron chi connectivity index (χ4n) is 3.56. The highest BCUT2D eigenvalue weighted by molar-refractivity contribution is 5.87. The van der Waals surface area contributed by atoms with Gasteiger partial charge in [0.05, 0.1) is 12.2 Å². The summed E-state index contributed by atoms with van der Waals surface area (Å²) in [6, 6.07) is 0. The third-order valence-corrected chi connectivity index (χ3v) is 5.92. The molecule has 0 unspecified atom stereocenters. The van der Waals surface area contributed by atoms with Crippen LogP contribution in [0.4, 0.5) is 13.2 Å². The molecule has 28 heavy (non-hydrogen) atoms. The largest absolute Gasteiger partial charge is 0.480 e. The van der Waals surface area contributed by atoms with Gasteiger partial charge in [-0.05, 0) is 50.5 Å². The Morgan fingerprint density at radius 1 is 1.11 bits per heavy atom. The molecule has 2 aliphatic rings. The van der Waals surface area contributed by atoms with E-state index in [1.807, 2.05) is 6.08 Å². The molecule has 8 heteroatoms. The molecule has 0 saturated heterocycles. The van der Waals surface area contributed by atoms with Crippen LogP contribution in [0.1, 0.15) is 63.8 Å². The molecule has 1 aromatic heterocycles. The topological polar surface area (TPSA) is 73.4 Å². The Balaban J connectivity index is 1.87. The van der Waals surface area contributed by atoms with Crippen LogP contribution in [-0.2, 0) is 10.9 Å². The van der Waals surface area contributed by atoms with Gasteiger partial charge in [0.15, 0.2) is 11.7 Å². The molecule has 0 amide bonds. The fourth-order valence-corrected chi connectivity index (χ4v) is 3.56. The van der Waals surface area contributed by atoms with Crippen LogP contribution in [0.2, 0.25) is 0 Å². The zero-order valence-electron chi connectivity index (χ0n) is 16.4. The van der Waals surface area contributed by atoms with Crippen molar-refractivity contribution in [1.82, 2.24) is 9.97 Å². The van der Waals surface area contributed by atoms with Crippen LogP contribution >= 0.6 is 0 Å². The molecule has 0 bridgehead atoms. The minimum Gasteiger partial charge on any atom is -0.480 e. The summed E-state index contributed by atoms with van der Waals surface area (Å²) >= 11 is 0. The third-order valence-electron chi connectivity index (χ3n) is 5.92. The molecule has 0 radical (unpaired) electrons. The minimum atomic E-state index is -4.46. The fraction of sp³-hybridized carbons (Fsp3) is 0.650. The van der Waals surface area contributed by atoms with Crippen LogP contribution in [0.3, 0.4) is 0 Å². The van der Waals surface area contributed by atoms with E-state index < -0.39 is 11.7 Å². The molecule has 1 aliphatic heterocycles. The number of hydrogen-bond acceptors (Lipinski definition) is 5. The van der Waals surface area contributed by atoms with Gasteiger partial charge in [-0.3, -0.25) is 0 Å². The van der Waals surface area contributed by atoms with Crippen LogP contribution in [-0.4, -0.2) is 29.0 Å². The lowest BCUT2D eigenvalue weighted by Gasteiger charge is -2.42. The zero-order chi connectivity index (χ0) is 20.4. The summed E-state index contributed by atoms with van der Waals surface area (Å²) in [5.74, 6) is 0.809. The van der Waals surface area contributed by atoms with Gasteiger partial charge in [0, 0.05) is 17.8 Å². The van der Waals surface area contributed by atoms with Crippen LogP contribution in [0.15, 0.2) is 23.5 Å². The molecule has 3 rings (SSSR count). The number of aromatic nitrogens is 2. The number of rotatable bonds is 3. The molecule has 1 aliphatic carbocycles. The summed E-state index contributed by atoms with van der Waals surface area (Å²) in [6.07, 6.45) is 4.30. The number of nitrogens with two attached hydrogens (primary N) is 1. The molecule has 0 aromatic carbocycles. The predicted octanol–water partition coefficient (Wildman–Crippen LogP) is 4.59. The van der Waals surface area contributed by atoms with E-state index >= 15 is 0 Å².